The smallest absolute Gasteiger partial charge is 0.239 e. The molecule has 3 heteroatoms. The number of aryl methyl sites for hydroxylation is 1. The average molecular weight is 319 g/mol. The first-order valence-corrected chi connectivity index (χ1v) is 8.64. The third-order valence-electron chi connectivity index (χ3n) is 4.44. The number of para-hydroxylation sites is 2. The van der Waals surface area contributed by atoms with E-state index >= 15 is 0 Å². The summed E-state index contributed by atoms with van der Waals surface area (Å²) in [6.07, 6.45) is 0.780. The summed E-state index contributed by atoms with van der Waals surface area (Å²) in [6, 6.07) is 20.2. The van der Waals surface area contributed by atoms with Crippen molar-refractivity contribution in [1.82, 2.24) is 0 Å². The molecular formula is C20H17NOS. The van der Waals surface area contributed by atoms with Crippen LogP contribution in [0.15, 0.2) is 66.0 Å². The molecule has 0 spiro atoms. The van der Waals surface area contributed by atoms with E-state index in [2.05, 4.69) is 24.4 Å². The summed E-state index contributed by atoms with van der Waals surface area (Å²) >= 11 is 1.74. The average Bonchev–Trinajstić information content (AvgIpc) is 3.11. The number of amides is 1. The number of rotatable bonds is 3. The molecule has 0 fully saturated rings. The van der Waals surface area contributed by atoms with Crippen molar-refractivity contribution >= 4 is 28.6 Å². The van der Waals surface area contributed by atoms with Gasteiger partial charge in [-0.15, -0.1) is 11.3 Å². The molecule has 4 rings (SSSR count). The Morgan fingerprint density at radius 1 is 1.00 bits per heavy atom. The van der Waals surface area contributed by atoms with E-state index in [1.807, 2.05) is 53.4 Å². The third-order valence-corrected chi connectivity index (χ3v) is 5.49. The molecule has 2 nitrogen and oxygen atoms in total. The van der Waals surface area contributed by atoms with E-state index in [0.29, 0.717) is 0 Å². The summed E-state index contributed by atoms with van der Waals surface area (Å²) in [7, 11) is 0. The van der Waals surface area contributed by atoms with Crippen LogP contribution in [0, 0.1) is 6.92 Å². The van der Waals surface area contributed by atoms with Crippen LogP contribution in [-0.4, -0.2) is 5.91 Å². The quantitative estimate of drug-likeness (QED) is 0.660. The molecule has 1 aliphatic rings. The number of carbonyl (C=O) groups is 1. The van der Waals surface area contributed by atoms with Gasteiger partial charge in [0.05, 0.1) is 11.6 Å². The lowest BCUT2D eigenvalue weighted by Crippen LogP contribution is -2.24. The van der Waals surface area contributed by atoms with E-state index in [9.17, 15) is 4.79 Å². The molecule has 0 unspecified atom stereocenters. The Balaban J connectivity index is 1.77. The molecule has 0 aliphatic carbocycles. The zero-order valence-corrected chi connectivity index (χ0v) is 13.7. The summed E-state index contributed by atoms with van der Waals surface area (Å²) in [4.78, 5) is 16.3. The van der Waals surface area contributed by atoms with Crippen LogP contribution in [0.25, 0.3) is 0 Å². The number of carbonyl (C=O) groups excluding carboxylic acids is 1. The fraction of sp³-hybridized carbons (Fsp3) is 0.150. The Hall–Kier alpha value is -2.39. The van der Waals surface area contributed by atoms with Crippen LogP contribution < -0.4 is 4.90 Å². The van der Waals surface area contributed by atoms with Gasteiger partial charge in [-0.2, -0.15) is 0 Å². The lowest BCUT2D eigenvalue weighted by molar-refractivity contribution is -0.118. The summed E-state index contributed by atoms with van der Waals surface area (Å²) in [5.74, 6) is 0.0777. The molecule has 1 amide bonds. The molecule has 0 N–H and O–H groups in total. The highest BCUT2D eigenvalue weighted by Gasteiger charge is 2.38. The zero-order valence-electron chi connectivity index (χ0n) is 12.9. The maximum atomic E-state index is 13.1. The SMILES string of the molecule is Cc1ccsc1C[C@@H]1C(=O)N(c2ccccc2)c2ccccc21. The first-order valence-electron chi connectivity index (χ1n) is 7.76. The number of fused-ring (bicyclic) bond motifs is 1. The molecule has 2 aromatic carbocycles. The molecule has 0 saturated carbocycles. The van der Waals surface area contributed by atoms with Crippen molar-refractivity contribution in [3.63, 3.8) is 0 Å². The second-order valence-corrected chi connectivity index (χ2v) is 6.85. The first kappa shape index (κ1) is 14.2. The number of hydrogen-bond donors (Lipinski definition) is 0. The monoisotopic (exact) mass is 319 g/mol. The van der Waals surface area contributed by atoms with Gasteiger partial charge in [0.15, 0.2) is 0 Å². The van der Waals surface area contributed by atoms with Crippen molar-refractivity contribution in [1.29, 1.82) is 0 Å². The van der Waals surface area contributed by atoms with Crippen LogP contribution in [0.4, 0.5) is 11.4 Å². The van der Waals surface area contributed by atoms with Gasteiger partial charge in [-0.1, -0.05) is 36.4 Å². The van der Waals surface area contributed by atoms with Crippen LogP contribution in [0.2, 0.25) is 0 Å². The van der Waals surface area contributed by atoms with Crippen LogP contribution in [0.5, 0.6) is 0 Å². The maximum Gasteiger partial charge on any atom is 0.239 e. The molecule has 114 valence electrons. The molecule has 2 heterocycles. The fourth-order valence-electron chi connectivity index (χ4n) is 3.23. The standard InChI is InChI=1S/C20H17NOS/c1-14-11-12-23-19(14)13-17-16-9-5-6-10-18(16)21(20(17)22)15-7-3-2-4-8-15/h2-12,17H,13H2,1H3/t17-/m0/s1. The van der Waals surface area contributed by atoms with Crippen molar-refractivity contribution in [3.8, 4) is 0 Å². The molecule has 0 radical (unpaired) electrons. The summed E-state index contributed by atoms with van der Waals surface area (Å²) < 4.78 is 0. The van der Waals surface area contributed by atoms with Crippen molar-refractivity contribution < 1.29 is 4.79 Å². The normalized spacial score (nSPS) is 16.7. The van der Waals surface area contributed by atoms with Gasteiger partial charge in [-0.3, -0.25) is 9.69 Å². The van der Waals surface area contributed by atoms with E-state index < -0.39 is 0 Å². The van der Waals surface area contributed by atoms with Gasteiger partial charge in [-0.05, 0) is 54.1 Å². The van der Waals surface area contributed by atoms with Gasteiger partial charge in [-0.25, -0.2) is 0 Å². The molecular weight excluding hydrogens is 302 g/mol. The van der Waals surface area contributed by atoms with Gasteiger partial charge in [0.25, 0.3) is 0 Å². The molecule has 0 saturated heterocycles. The lowest BCUT2D eigenvalue weighted by Gasteiger charge is -2.18. The van der Waals surface area contributed by atoms with E-state index in [1.54, 1.807) is 11.3 Å². The van der Waals surface area contributed by atoms with Crippen molar-refractivity contribution in [3.05, 3.63) is 82.0 Å². The Labute approximate surface area is 140 Å². The Morgan fingerprint density at radius 3 is 2.48 bits per heavy atom. The lowest BCUT2D eigenvalue weighted by atomic mass is 9.95. The molecule has 0 bridgehead atoms. The molecule has 1 aliphatic heterocycles. The van der Waals surface area contributed by atoms with Gasteiger partial charge in [0.2, 0.25) is 5.91 Å². The van der Waals surface area contributed by atoms with Crippen molar-refractivity contribution in [2.24, 2.45) is 0 Å². The number of anilines is 2. The molecule has 1 atom stereocenters. The van der Waals surface area contributed by atoms with Crippen LogP contribution in [0.1, 0.15) is 21.9 Å². The number of thiophene rings is 1. The second kappa shape index (κ2) is 5.67. The second-order valence-electron chi connectivity index (χ2n) is 5.85. The minimum atomic E-state index is -0.0937. The zero-order chi connectivity index (χ0) is 15.8. The predicted octanol–water partition coefficient (Wildman–Crippen LogP) is 5.06. The highest BCUT2D eigenvalue weighted by Crippen LogP contribution is 2.43. The largest absolute Gasteiger partial charge is 0.280 e. The fourth-order valence-corrected chi connectivity index (χ4v) is 4.19. The van der Waals surface area contributed by atoms with Crippen LogP contribution >= 0.6 is 11.3 Å². The summed E-state index contributed by atoms with van der Waals surface area (Å²) in [5.41, 5.74) is 4.37. The van der Waals surface area contributed by atoms with E-state index in [-0.39, 0.29) is 11.8 Å². The van der Waals surface area contributed by atoms with E-state index in [1.165, 1.54) is 10.4 Å². The highest BCUT2D eigenvalue weighted by atomic mass is 32.1. The highest BCUT2D eigenvalue weighted by molar-refractivity contribution is 7.10. The molecule has 23 heavy (non-hydrogen) atoms. The predicted molar refractivity (Wildman–Crippen MR) is 95.5 cm³/mol. The van der Waals surface area contributed by atoms with Crippen molar-refractivity contribution in [2.75, 3.05) is 4.90 Å². The van der Waals surface area contributed by atoms with Gasteiger partial charge >= 0.3 is 0 Å². The maximum absolute atomic E-state index is 13.1. The van der Waals surface area contributed by atoms with Crippen molar-refractivity contribution in [2.45, 2.75) is 19.3 Å². The molecule has 3 aromatic rings. The van der Waals surface area contributed by atoms with E-state index in [4.69, 9.17) is 0 Å². The first-order chi connectivity index (χ1) is 11.3. The minimum absolute atomic E-state index is 0.0937. The van der Waals surface area contributed by atoms with Gasteiger partial charge in [0, 0.05) is 10.6 Å². The van der Waals surface area contributed by atoms with E-state index in [0.717, 1.165) is 23.4 Å². The van der Waals surface area contributed by atoms with Crippen LogP contribution in [-0.2, 0) is 11.2 Å². The van der Waals surface area contributed by atoms with Crippen LogP contribution in [0.3, 0.4) is 0 Å². The van der Waals surface area contributed by atoms with Gasteiger partial charge < -0.3 is 0 Å². The Morgan fingerprint density at radius 2 is 1.74 bits per heavy atom. The van der Waals surface area contributed by atoms with Gasteiger partial charge in [0.1, 0.15) is 0 Å². The number of nitrogens with zero attached hydrogens (tertiary/aromatic N) is 1. The third kappa shape index (κ3) is 2.37. The number of benzene rings is 2. The Bertz CT molecular complexity index is 853. The minimum Gasteiger partial charge on any atom is -0.280 e. The topological polar surface area (TPSA) is 20.3 Å². The summed E-state index contributed by atoms with van der Waals surface area (Å²) in [6.45, 7) is 2.12. The molecule has 1 aromatic heterocycles. The number of hydrogen-bond acceptors (Lipinski definition) is 2. The Kier molecular flexibility index (Phi) is 3.50. The summed E-state index contributed by atoms with van der Waals surface area (Å²) in [5, 5.41) is 2.10.